The van der Waals surface area contributed by atoms with Crippen LogP contribution < -0.4 is 0 Å². The molecule has 0 bridgehead atoms. The van der Waals surface area contributed by atoms with Gasteiger partial charge in [0.25, 0.3) is 0 Å². The molecule has 0 radical (unpaired) electrons. The van der Waals surface area contributed by atoms with Crippen molar-refractivity contribution >= 4 is 27.3 Å². The maximum Gasteiger partial charge on any atom is 0.0774 e. The first-order valence-electron chi connectivity index (χ1n) is 4.83. The average molecular weight is 299 g/mol. The second-order valence-electron chi connectivity index (χ2n) is 3.43. The molecule has 2 rings (SSSR count). The van der Waals surface area contributed by atoms with Gasteiger partial charge in [-0.15, -0.1) is 11.3 Å². The van der Waals surface area contributed by atoms with Gasteiger partial charge in [-0.25, -0.2) is 0 Å². The summed E-state index contributed by atoms with van der Waals surface area (Å²) >= 11 is 4.98. The van der Waals surface area contributed by atoms with Crippen LogP contribution in [0.15, 0.2) is 34.8 Å². The standard InChI is InChI=1S/C12H11BrO2S/c13-10-4-8(6-14)3-9(5-10)12-2-1-11(7-15)16-12/h1-5,14-15H,6-7H2. The van der Waals surface area contributed by atoms with Crippen molar-refractivity contribution in [2.45, 2.75) is 13.2 Å². The van der Waals surface area contributed by atoms with E-state index in [-0.39, 0.29) is 13.2 Å². The number of aliphatic hydroxyl groups is 2. The maximum absolute atomic E-state index is 9.13. The summed E-state index contributed by atoms with van der Waals surface area (Å²) < 4.78 is 0.952. The molecule has 0 aliphatic rings. The minimum atomic E-state index is 0.0324. The van der Waals surface area contributed by atoms with E-state index in [1.54, 1.807) is 11.3 Å². The van der Waals surface area contributed by atoms with E-state index >= 15 is 0 Å². The number of thiophene rings is 1. The van der Waals surface area contributed by atoms with E-state index in [1.807, 2.05) is 30.3 Å². The van der Waals surface area contributed by atoms with Gasteiger partial charge in [0, 0.05) is 14.2 Å². The first-order chi connectivity index (χ1) is 7.72. The summed E-state index contributed by atoms with van der Waals surface area (Å²) in [6.45, 7) is 0.107. The molecule has 0 unspecified atom stereocenters. The van der Waals surface area contributed by atoms with Crippen molar-refractivity contribution in [2.75, 3.05) is 0 Å². The first kappa shape index (κ1) is 11.8. The number of hydrogen-bond donors (Lipinski definition) is 2. The molecule has 1 aromatic carbocycles. The summed E-state index contributed by atoms with van der Waals surface area (Å²) in [7, 11) is 0. The number of hydrogen-bond acceptors (Lipinski definition) is 3. The van der Waals surface area contributed by atoms with Crippen molar-refractivity contribution in [3.05, 3.63) is 45.2 Å². The molecule has 16 heavy (non-hydrogen) atoms. The van der Waals surface area contributed by atoms with Gasteiger partial charge in [-0.1, -0.05) is 15.9 Å². The third-order valence-electron chi connectivity index (χ3n) is 2.24. The molecule has 4 heteroatoms. The van der Waals surface area contributed by atoms with Crippen molar-refractivity contribution < 1.29 is 10.2 Å². The zero-order chi connectivity index (χ0) is 11.5. The minimum Gasteiger partial charge on any atom is -0.392 e. The Morgan fingerprint density at radius 2 is 1.88 bits per heavy atom. The Hall–Kier alpha value is -0.680. The lowest BCUT2D eigenvalue weighted by atomic mass is 10.1. The van der Waals surface area contributed by atoms with Gasteiger partial charge in [0.05, 0.1) is 13.2 Å². The molecule has 84 valence electrons. The molecule has 0 amide bonds. The molecule has 2 nitrogen and oxygen atoms in total. The van der Waals surface area contributed by atoms with Crippen LogP contribution >= 0.6 is 27.3 Å². The van der Waals surface area contributed by atoms with Gasteiger partial charge in [-0.2, -0.15) is 0 Å². The number of benzene rings is 1. The Kier molecular flexibility index (Phi) is 3.76. The zero-order valence-corrected chi connectivity index (χ0v) is 10.9. The lowest BCUT2D eigenvalue weighted by Gasteiger charge is -2.02. The van der Waals surface area contributed by atoms with Gasteiger partial charge >= 0.3 is 0 Å². The van der Waals surface area contributed by atoms with E-state index in [0.29, 0.717) is 0 Å². The molecule has 0 aliphatic heterocycles. The van der Waals surface area contributed by atoms with Crippen molar-refractivity contribution in [1.82, 2.24) is 0 Å². The highest BCUT2D eigenvalue weighted by atomic mass is 79.9. The molecular weight excluding hydrogens is 288 g/mol. The van der Waals surface area contributed by atoms with Crippen LogP contribution in [0.25, 0.3) is 10.4 Å². The van der Waals surface area contributed by atoms with Crippen molar-refractivity contribution in [3.8, 4) is 10.4 Å². The molecule has 1 aromatic heterocycles. The average Bonchev–Trinajstić information content (AvgIpc) is 2.76. The maximum atomic E-state index is 9.13. The van der Waals surface area contributed by atoms with Gasteiger partial charge in [0.1, 0.15) is 0 Å². The van der Waals surface area contributed by atoms with Crippen LogP contribution in [0.4, 0.5) is 0 Å². The molecule has 0 atom stereocenters. The monoisotopic (exact) mass is 298 g/mol. The quantitative estimate of drug-likeness (QED) is 0.914. The number of rotatable bonds is 3. The fourth-order valence-corrected chi connectivity index (χ4v) is 2.90. The Morgan fingerprint density at radius 3 is 2.50 bits per heavy atom. The minimum absolute atomic E-state index is 0.0324. The van der Waals surface area contributed by atoms with Gasteiger partial charge in [-0.3, -0.25) is 0 Å². The Balaban J connectivity index is 2.42. The fraction of sp³-hybridized carbons (Fsp3) is 0.167. The number of aliphatic hydroxyl groups excluding tert-OH is 2. The second kappa shape index (κ2) is 5.10. The lowest BCUT2D eigenvalue weighted by molar-refractivity contribution is 0.282. The predicted octanol–water partition coefficient (Wildman–Crippen LogP) is 3.16. The molecule has 0 saturated carbocycles. The normalized spacial score (nSPS) is 10.7. The van der Waals surface area contributed by atoms with E-state index in [1.165, 1.54) is 0 Å². The van der Waals surface area contributed by atoms with E-state index in [9.17, 15) is 0 Å². The van der Waals surface area contributed by atoms with E-state index in [4.69, 9.17) is 10.2 Å². The summed E-state index contributed by atoms with van der Waals surface area (Å²) in [6.07, 6.45) is 0. The highest BCUT2D eigenvalue weighted by Gasteiger charge is 2.05. The van der Waals surface area contributed by atoms with Crippen molar-refractivity contribution in [1.29, 1.82) is 0 Å². The van der Waals surface area contributed by atoms with Crippen LogP contribution in [0.3, 0.4) is 0 Å². The summed E-state index contributed by atoms with van der Waals surface area (Å²) in [4.78, 5) is 2.04. The highest BCUT2D eigenvalue weighted by Crippen LogP contribution is 2.31. The summed E-state index contributed by atoms with van der Waals surface area (Å²) in [6, 6.07) is 9.76. The first-order valence-corrected chi connectivity index (χ1v) is 6.44. The van der Waals surface area contributed by atoms with Crippen molar-refractivity contribution in [3.63, 3.8) is 0 Å². The van der Waals surface area contributed by atoms with Gasteiger partial charge < -0.3 is 10.2 Å². The Morgan fingerprint density at radius 1 is 1.06 bits per heavy atom. The summed E-state index contributed by atoms with van der Waals surface area (Å²) in [5.74, 6) is 0. The molecule has 1 heterocycles. The van der Waals surface area contributed by atoms with Crippen LogP contribution in [0.5, 0.6) is 0 Å². The largest absolute Gasteiger partial charge is 0.392 e. The third kappa shape index (κ3) is 2.52. The molecule has 0 fully saturated rings. The van der Waals surface area contributed by atoms with Crippen LogP contribution in [0.1, 0.15) is 10.4 Å². The molecule has 0 spiro atoms. The lowest BCUT2D eigenvalue weighted by Crippen LogP contribution is -1.84. The number of halogens is 1. The van der Waals surface area contributed by atoms with E-state index in [0.717, 1.165) is 25.4 Å². The molecule has 0 aliphatic carbocycles. The van der Waals surface area contributed by atoms with Gasteiger partial charge in [-0.05, 0) is 41.5 Å². The van der Waals surface area contributed by atoms with Crippen molar-refractivity contribution in [2.24, 2.45) is 0 Å². The van der Waals surface area contributed by atoms with Crippen LogP contribution in [-0.2, 0) is 13.2 Å². The third-order valence-corrected chi connectivity index (χ3v) is 3.82. The summed E-state index contributed by atoms with van der Waals surface area (Å²) in [5, 5.41) is 18.1. The van der Waals surface area contributed by atoms with Crippen LogP contribution in [0.2, 0.25) is 0 Å². The fourth-order valence-electron chi connectivity index (χ4n) is 1.50. The topological polar surface area (TPSA) is 40.5 Å². The predicted molar refractivity (Wildman–Crippen MR) is 69.3 cm³/mol. The van der Waals surface area contributed by atoms with E-state index < -0.39 is 0 Å². The molecule has 2 aromatic rings. The Bertz CT molecular complexity index is 494. The van der Waals surface area contributed by atoms with Gasteiger partial charge in [0.15, 0.2) is 0 Å². The van der Waals surface area contributed by atoms with Crippen LogP contribution in [0, 0.1) is 0 Å². The molecular formula is C12H11BrO2S. The second-order valence-corrected chi connectivity index (χ2v) is 5.51. The molecule has 2 N–H and O–H groups in total. The smallest absolute Gasteiger partial charge is 0.0774 e. The van der Waals surface area contributed by atoms with Gasteiger partial charge in [0.2, 0.25) is 0 Å². The molecule has 0 saturated heterocycles. The highest BCUT2D eigenvalue weighted by molar-refractivity contribution is 9.10. The Labute approximate surface area is 106 Å². The SMILES string of the molecule is OCc1cc(Br)cc(-c2ccc(CO)s2)c1. The van der Waals surface area contributed by atoms with Crippen LogP contribution in [-0.4, -0.2) is 10.2 Å². The van der Waals surface area contributed by atoms with E-state index in [2.05, 4.69) is 15.9 Å². The summed E-state index contributed by atoms with van der Waals surface area (Å²) in [5.41, 5.74) is 1.94. The zero-order valence-electron chi connectivity index (χ0n) is 8.48.